The van der Waals surface area contributed by atoms with Crippen LogP contribution in [0.15, 0.2) is 72.7 Å². The van der Waals surface area contributed by atoms with Crippen molar-refractivity contribution >= 4 is 5.91 Å². The number of nitrogens with zero attached hydrogens (tertiary/aromatic N) is 2. The van der Waals surface area contributed by atoms with Gasteiger partial charge in [0.25, 0.3) is 0 Å². The first-order valence-corrected chi connectivity index (χ1v) is 7.45. The molecule has 0 saturated carbocycles. The lowest BCUT2D eigenvalue weighted by atomic mass is 9.63. The van der Waals surface area contributed by atoms with Crippen LogP contribution in [0.3, 0.4) is 0 Å². The molecule has 1 aromatic heterocycles. The van der Waals surface area contributed by atoms with E-state index in [1.54, 1.807) is 6.07 Å². The summed E-state index contributed by atoms with van der Waals surface area (Å²) in [5.74, 6) is -2.32. The number of alkyl halides is 3. The summed E-state index contributed by atoms with van der Waals surface area (Å²) in [6.45, 7) is 0. The molecule has 2 atom stereocenters. The second-order valence-electron chi connectivity index (χ2n) is 5.65. The topological polar surface area (TPSA) is 68.9 Å². The van der Waals surface area contributed by atoms with Gasteiger partial charge in [-0.05, 0) is 11.6 Å². The number of benzene rings is 1. The number of hydrogen-bond acceptors (Lipinski definition) is 3. The van der Waals surface area contributed by atoms with Crippen LogP contribution in [0.2, 0.25) is 0 Å². The molecular formula is C18H14F3N3O. The van der Waals surface area contributed by atoms with E-state index in [1.165, 1.54) is 48.7 Å². The van der Waals surface area contributed by atoms with Crippen LogP contribution in [0.5, 0.6) is 0 Å². The van der Waals surface area contributed by atoms with E-state index in [1.807, 2.05) is 0 Å². The van der Waals surface area contributed by atoms with Crippen molar-refractivity contribution in [2.75, 3.05) is 0 Å². The summed E-state index contributed by atoms with van der Waals surface area (Å²) in [5.41, 5.74) is 2.86. The first-order chi connectivity index (χ1) is 11.9. The number of halogens is 3. The average molecular weight is 345 g/mol. The van der Waals surface area contributed by atoms with Crippen LogP contribution in [0.25, 0.3) is 0 Å². The number of carbonyl (C=O) groups excluding carboxylic acids is 1. The highest BCUT2D eigenvalue weighted by Crippen LogP contribution is 2.55. The fourth-order valence-electron chi connectivity index (χ4n) is 3.23. The minimum atomic E-state index is -4.69. The van der Waals surface area contributed by atoms with Gasteiger partial charge in [-0.15, -0.1) is 0 Å². The Balaban J connectivity index is 2.34. The van der Waals surface area contributed by atoms with Crippen molar-refractivity contribution in [1.82, 2.24) is 9.97 Å². The Hall–Kier alpha value is -2.96. The van der Waals surface area contributed by atoms with Crippen molar-refractivity contribution in [3.8, 4) is 0 Å². The minimum Gasteiger partial charge on any atom is -0.366 e. The zero-order chi connectivity index (χ0) is 18.1. The summed E-state index contributed by atoms with van der Waals surface area (Å²) in [6, 6.07) is 8.81. The number of rotatable bonds is 3. The largest absolute Gasteiger partial charge is 0.402 e. The Morgan fingerprint density at radius 3 is 2.44 bits per heavy atom. The van der Waals surface area contributed by atoms with Crippen LogP contribution >= 0.6 is 0 Å². The van der Waals surface area contributed by atoms with E-state index in [4.69, 9.17) is 5.73 Å². The zero-order valence-corrected chi connectivity index (χ0v) is 12.9. The molecule has 1 aromatic carbocycles. The molecule has 1 amide bonds. The van der Waals surface area contributed by atoms with Gasteiger partial charge in [0.2, 0.25) is 5.91 Å². The van der Waals surface area contributed by atoms with Gasteiger partial charge < -0.3 is 5.73 Å². The van der Waals surface area contributed by atoms with E-state index in [0.29, 0.717) is 0 Å². The van der Waals surface area contributed by atoms with Crippen LogP contribution in [-0.2, 0) is 10.2 Å². The van der Waals surface area contributed by atoms with E-state index in [-0.39, 0.29) is 16.8 Å². The van der Waals surface area contributed by atoms with Crippen LogP contribution in [0.1, 0.15) is 17.2 Å². The van der Waals surface area contributed by atoms with Crippen molar-refractivity contribution in [3.63, 3.8) is 0 Å². The standard InChI is InChI=1S/C18H14F3N3O/c19-18(20,21)17(12-5-2-1-3-6-12)9-4-7-13(16(22)25)15(17)14-8-10-23-11-24-14/h1-11,15H,(H2,22,25). The van der Waals surface area contributed by atoms with Crippen molar-refractivity contribution in [1.29, 1.82) is 0 Å². The van der Waals surface area contributed by atoms with E-state index in [9.17, 15) is 18.0 Å². The summed E-state index contributed by atoms with van der Waals surface area (Å²) in [5, 5.41) is 0. The van der Waals surface area contributed by atoms with Crippen molar-refractivity contribution in [2.45, 2.75) is 17.5 Å². The second kappa shape index (κ2) is 6.16. The molecule has 0 radical (unpaired) electrons. The predicted octanol–water partition coefficient (Wildman–Crippen LogP) is 3.04. The van der Waals surface area contributed by atoms with E-state index in [2.05, 4.69) is 9.97 Å². The van der Waals surface area contributed by atoms with Crippen LogP contribution in [0, 0.1) is 0 Å². The number of carbonyl (C=O) groups is 1. The molecule has 1 aliphatic rings. The zero-order valence-electron chi connectivity index (χ0n) is 12.9. The molecule has 25 heavy (non-hydrogen) atoms. The normalized spacial score (nSPS) is 23.2. The van der Waals surface area contributed by atoms with Gasteiger partial charge in [-0.25, -0.2) is 9.97 Å². The molecule has 2 unspecified atom stereocenters. The third-order valence-corrected chi connectivity index (χ3v) is 4.31. The summed E-state index contributed by atoms with van der Waals surface area (Å²) in [7, 11) is 0. The quantitative estimate of drug-likeness (QED) is 0.930. The highest BCUT2D eigenvalue weighted by molar-refractivity contribution is 5.95. The predicted molar refractivity (Wildman–Crippen MR) is 85.4 cm³/mol. The average Bonchev–Trinajstić information content (AvgIpc) is 2.61. The Bertz CT molecular complexity index is 832. The van der Waals surface area contributed by atoms with Gasteiger partial charge in [0.15, 0.2) is 0 Å². The molecule has 2 aromatic rings. The van der Waals surface area contributed by atoms with Gasteiger partial charge in [0.1, 0.15) is 11.7 Å². The van der Waals surface area contributed by atoms with Crippen LogP contribution in [-0.4, -0.2) is 22.1 Å². The Kier molecular flexibility index (Phi) is 4.16. The fraction of sp³-hybridized carbons (Fsp3) is 0.167. The van der Waals surface area contributed by atoms with Gasteiger partial charge in [0.05, 0.1) is 11.6 Å². The van der Waals surface area contributed by atoms with Crippen molar-refractivity contribution in [2.24, 2.45) is 5.73 Å². The van der Waals surface area contributed by atoms with Crippen molar-refractivity contribution < 1.29 is 18.0 Å². The molecule has 7 heteroatoms. The third-order valence-electron chi connectivity index (χ3n) is 4.31. The number of hydrogen-bond donors (Lipinski definition) is 1. The first kappa shape index (κ1) is 16.9. The highest BCUT2D eigenvalue weighted by atomic mass is 19.4. The Morgan fingerprint density at radius 1 is 1.16 bits per heavy atom. The molecule has 0 fully saturated rings. The molecule has 2 N–H and O–H groups in total. The monoisotopic (exact) mass is 345 g/mol. The van der Waals surface area contributed by atoms with Gasteiger partial charge in [0, 0.05) is 11.8 Å². The summed E-state index contributed by atoms with van der Waals surface area (Å²) >= 11 is 0. The highest BCUT2D eigenvalue weighted by Gasteiger charge is 2.61. The van der Waals surface area contributed by atoms with E-state index >= 15 is 0 Å². The molecule has 128 valence electrons. The Morgan fingerprint density at radius 2 is 1.88 bits per heavy atom. The number of allylic oxidation sites excluding steroid dienone is 3. The molecule has 3 rings (SSSR count). The van der Waals surface area contributed by atoms with Crippen LogP contribution in [0.4, 0.5) is 13.2 Å². The number of aromatic nitrogens is 2. The maximum absolute atomic E-state index is 14.4. The maximum Gasteiger partial charge on any atom is 0.402 e. The lowest BCUT2D eigenvalue weighted by Gasteiger charge is -2.42. The van der Waals surface area contributed by atoms with Gasteiger partial charge >= 0.3 is 6.18 Å². The smallest absolute Gasteiger partial charge is 0.366 e. The Labute approximate surface area is 141 Å². The number of primary amides is 1. The minimum absolute atomic E-state index is 0.00853. The SMILES string of the molecule is NC(=O)C1=CC=CC(c2ccccc2)(C(F)(F)F)C1c1ccncn1. The molecule has 1 aliphatic carbocycles. The third kappa shape index (κ3) is 2.71. The van der Waals surface area contributed by atoms with Gasteiger partial charge in [-0.3, -0.25) is 4.79 Å². The lowest BCUT2D eigenvalue weighted by molar-refractivity contribution is -0.181. The number of nitrogens with two attached hydrogens (primary N) is 1. The molecule has 1 heterocycles. The summed E-state index contributed by atoms with van der Waals surface area (Å²) in [6.07, 6.45) is 1.39. The van der Waals surface area contributed by atoms with E-state index in [0.717, 1.165) is 12.4 Å². The second-order valence-corrected chi connectivity index (χ2v) is 5.65. The molecule has 0 spiro atoms. The maximum atomic E-state index is 14.4. The van der Waals surface area contributed by atoms with Crippen molar-refractivity contribution in [3.05, 3.63) is 84.0 Å². The molecule has 0 saturated heterocycles. The number of amides is 1. The molecule has 0 aliphatic heterocycles. The first-order valence-electron chi connectivity index (χ1n) is 7.45. The summed E-state index contributed by atoms with van der Waals surface area (Å²) in [4.78, 5) is 19.6. The molecule has 4 nitrogen and oxygen atoms in total. The molecular weight excluding hydrogens is 331 g/mol. The summed E-state index contributed by atoms with van der Waals surface area (Å²) < 4.78 is 43.1. The van der Waals surface area contributed by atoms with E-state index < -0.39 is 23.4 Å². The fourth-order valence-corrected chi connectivity index (χ4v) is 3.23. The van der Waals surface area contributed by atoms with Gasteiger partial charge in [-0.1, -0.05) is 48.6 Å². The molecule has 0 bridgehead atoms. The lowest BCUT2D eigenvalue weighted by Crippen LogP contribution is -2.49. The van der Waals surface area contributed by atoms with Crippen LogP contribution < -0.4 is 5.73 Å². The van der Waals surface area contributed by atoms with Gasteiger partial charge in [-0.2, -0.15) is 13.2 Å².